The van der Waals surface area contributed by atoms with Crippen LogP contribution in [0, 0.1) is 5.92 Å². The molecule has 2 unspecified atom stereocenters. The molecule has 1 N–H and O–H groups in total. The Bertz CT molecular complexity index is 1830. The summed E-state index contributed by atoms with van der Waals surface area (Å²) in [5.41, 5.74) is -2.17. The van der Waals surface area contributed by atoms with E-state index in [4.69, 9.17) is 25.8 Å². The molecule has 1 spiro atoms. The number of hydrogen-bond donors (Lipinski definition) is 1. The Morgan fingerprint density at radius 3 is 2.59 bits per heavy atom. The number of fused-ring (bicyclic) bond motifs is 3. The number of methoxy groups -OCH3 is 2. The van der Waals surface area contributed by atoms with E-state index in [1.165, 1.54) is 30.9 Å². The number of carbonyl (C=O) groups excluding carboxylic acids is 2. The molecule has 11 nitrogen and oxygen atoms in total. The molecular formula is C27H21ClN4O7. The first-order valence-corrected chi connectivity index (χ1v) is 12.4. The Kier molecular flexibility index (Phi) is 5.58. The summed E-state index contributed by atoms with van der Waals surface area (Å²) in [6.07, 6.45) is 1.75. The van der Waals surface area contributed by atoms with Crippen LogP contribution < -0.4 is 25.5 Å². The Labute approximate surface area is 225 Å². The molecule has 39 heavy (non-hydrogen) atoms. The maximum atomic E-state index is 14.1. The molecule has 6 rings (SSSR count). The third kappa shape index (κ3) is 3.42. The summed E-state index contributed by atoms with van der Waals surface area (Å²) in [4.78, 5) is 64.7. The summed E-state index contributed by atoms with van der Waals surface area (Å²) in [7, 11) is 2.79. The van der Waals surface area contributed by atoms with E-state index in [-0.39, 0.29) is 57.4 Å². The third-order valence-electron chi connectivity index (χ3n) is 7.29. The van der Waals surface area contributed by atoms with Crippen LogP contribution in [-0.2, 0) is 13.0 Å². The van der Waals surface area contributed by atoms with Gasteiger partial charge in [0, 0.05) is 23.7 Å². The number of H-pyrrole nitrogens is 1. The van der Waals surface area contributed by atoms with Crippen LogP contribution in [0.4, 0.5) is 0 Å². The maximum absolute atomic E-state index is 14.1. The van der Waals surface area contributed by atoms with E-state index in [1.54, 1.807) is 31.3 Å². The number of hydrogen-bond acceptors (Lipinski definition) is 9. The van der Waals surface area contributed by atoms with Gasteiger partial charge in [-0.1, -0.05) is 24.6 Å². The average Bonchev–Trinajstić information content (AvgIpc) is 3.25. The lowest BCUT2D eigenvalue weighted by atomic mass is 9.71. The van der Waals surface area contributed by atoms with E-state index in [2.05, 4.69) is 15.0 Å². The van der Waals surface area contributed by atoms with Gasteiger partial charge in [-0.05, 0) is 24.6 Å². The molecule has 0 amide bonds. The highest BCUT2D eigenvalue weighted by Crippen LogP contribution is 2.53. The zero-order chi connectivity index (χ0) is 27.6. The molecule has 0 saturated carbocycles. The molecule has 2 atom stereocenters. The van der Waals surface area contributed by atoms with Gasteiger partial charge in [0.25, 0.3) is 5.56 Å². The van der Waals surface area contributed by atoms with Crippen molar-refractivity contribution in [2.45, 2.75) is 25.5 Å². The minimum atomic E-state index is -1.94. The van der Waals surface area contributed by atoms with Crippen LogP contribution >= 0.6 is 11.6 Å². The van der Waals surface area contributed by atoms with Crippen molar-refractivity contribution in [3.8, 4) is 17.2 Å². The number of benzene rings is 1. The van der Waals surface area contributed by atoms with E-state index in [0.29, 0.717) is 11.4 Å². The zero-order valence-electron chi connectivity index (χ0n) is 21.0. The van der Waals surface area contributed by atoms with Crippen molar-refractivity contribution in [3.05, 3.63) is 84.9 Å². The minimum Gasteiger partial charge on any atom is -0.496 e. The first-order valence-electron chi connectivity index (χ1n) is 12.0. The lowest BCUT2D eigenvalue weighted by molar-refractivity contribution is 0.0257. The smallest absolute Gasteiger partial charge is 0.330 e. The van der Waals surface area contributed by atoms with Gasteiger partial charge in [0.15, 0.2) is 5.75 Å². The molecule has 0 radical (unpaired) electrons. The second-order valence-corrected chi connectivity index (χ2v) is 9.80. The number of ketones is 2. The van der Waals surface area contributed by atoms with Gasteiger partial charge in [-0.2, -0.15) is 0 Å². The van der Waals surface area contributed by atoms with E-state index in [0.717, 1.165) is 0 Å². The SMILES string of the molecule is COc1cc(OC)c2c(c1Cl)OC1(C(=O)c3cc4c(=O)[nH]c(=O)n(Cc5ccccn5)c4nc3CC1C)C2=O. The van der Waals surface area contributed by atoms with Gasteiger partial charge in [0.1, 0.15) is 27.7 Å². The Morgan fingerprint density at radius 1 is 1.13 bits per heavy atom. The zero-order valence-corrected chi connectivity index (χ0v) is 21.8. The normalized spacial score (nSPS) is 19.6. The van der Waals surface area contributed by atoms with Crippen LogP contribution in [0.1, 0.15) is 39.0 Å². The number of pyridine rings is 2. The summed E-state index contributed by atoms with van der Waals surface area (Å²) >= 11 is 6.48. The van der Waals surface area contributed by atoms with Gasteiger partial charge in [-0.15, -0.1) is 0 Å². The number of aromatic amines is 1. The number of Topliss-reactive ketones (excluding diaryl/α,β-unsaturated/α-hetero) is 2. The number of carbonyl (C=O) groups is 2. The molecule has 198 valence electrons. The lowest BCUT2D eigenvalue weighted by Gasteiger charge is -2.36. The first kappa shape index (κ1) is 24.8. The first-order chi connectivity index (χ1) is 18.7. The number of rotatable bonds is 4. The number of aromatic nitrogens is 4. The molecule has 2 aliphatic rings. The quantitative estimate of drug-likeness (QED) is 0.381. The molecule has 1 aromatic carbocycles. The van der Waals surface area contributed by atoms with Crippen molar-refractivity contribution in [2.24, 2.45) is 5.92 Å². The fraction of sp³-hybridized carbons (Fsp3) is 0.259. The lowest BCUT2D eigenvalue weighted by Crippen LogP contribution is -2.57. The highest BCUT2D eigenvalue weighted by atomic mass is 35.5. The van der Waals surface area contributed by atoms with Gasteiger partial charge in [0.05, 0.1) is 37.5 Å². The van der Waals surface area contributed by atoms with Gasteiger partial charge < -0.3 is 14.2 Å². The van der Waals surface area contributed by atoms with Crippen molar-refractivity contribution in [1.29, 1.82) is 0 Å². The fourth-order valence-electron chi connectivity index (χ4n) is 5.33. The largest absolute Gasteiger partial charge is 0.496 e. The molecular weight excluding hydrogens is 528 g/mol. The molecule has 3 aromatic heterocycles. The monoisotopic (exact) mass is 548 g/mol. The van der Waals surface area contributed by atoms with Crippen molar-refractivity contribution in [1.82, 2.24) is 19.5 Å². The number of nitrogens with one attached hydrogen (secondary N) is 1. The molecule has 4 aromatic rings. The van der Waals surface area contributed by atoms with E-state index in [1.807, 2.05) is 0 Å². The topological polar surface area (TPSA) is 142 Å². The summed E-state index contributed by atoms with van der Waals surface area (Å²) in [6.45, 7) is 1.76. The van der Waals surface area contributed by atoms with Gasteiger partial charge >= 0.3 is 5.69 Å². The van der Waals surface area contributed by atoms with E-state index >= 15 is 0 Å². The standard InChI is InChI=1S/C27H21ClN4O7/c1-12-8-16-14(9-15-24(30-16)32(26(36)31-25(15)35)11-13-6-4-5-7-29-13)22(33)27(12)23(34)19-17(37-2)10-18(38-3)20(28)21(19)39-27/h4-7,9-10,12H,8,11H2,1-3H3,(H,31,35,36). The van der Waals surface area contributed by atoms with Gasteiger partial charge in [-0.3, -0.25) is 28.9 Å². The summed E-state index contributed by atoms with van der Waals surface area (Å²) in [5, 5.41) is 0.0542. The van der Waals surface area contributed by atoms with E-state index < -0.39 is 34.3 Å². The van der Waals surface area contributed by atoms with Crippen LogP contribution in [0.2, 0.25) is 5.02 Å². The molecule has 1 aliphatic carbocycles. The Morgan fingerprint density at radius 2 is 1.90 bits per heavy atom. The Balaban J connectivity index is 1.52. The van der Waals surface area contributed by atoms with Crippen molar-refractivity contribution in [3.63, 3.8) is 0 Å². The van der Waals surface area contributed by atoms with Gasteiger partial charge in [0.2, 0.25) is 17.2 Å². The van der Waals surface area contributed by atoms with Crippen LogP contribution in [0.25, 0.3) is 11.0 Å². The molecule has 4 heterocycles. The number of halogens is 1. The van der Waals surface area contributed by atoms with Crippen LogP contribution in [-0.4, -0.2) is 50.9 Å². The van der Waals surface area contributed by atoms with Crippen LogP contribution in [0.15, 0.2) is 46.1 Å². The molecule has 1 aliphatic heterocycles. The van der Waals surface area contributed by atoms with Crippen molar-refractivity contribution < 1.29 is 23.8 Å². The fourth-order valence-corrected chi connectivity index (χ4v) is 5.59. The Hall–Kier alpha value is -4.51. The van der Waals surface area contributed by atoms with Gasteiger partial charge in [-0.25, -0.2) is 9.78 Å². The molecule has 0 bridgehead atoms. The van der Waals surface area contributed by atoms with E-state index in [9.17, 15) is 19.2 Å². The minimum absolute atomic E-state index is 0.00249. The summed E-state index contributed by atoms with van der Waals surface area (Å²) in [5.74, 6) is -1.56. The highest BCUT2D eigenvalue weighted by molar-refractivity contribution is 6.36. The number of ether oxygens (including phenoxy) is 3. The maximum Gasteiger partial charge on any atom is 0.330 e. The number of nitrogens with zero attached hydrogens (tertiary/aromatic N) is 3. The molecule has 0 fully saturated rings. The summed E-state index contributed by atoms with van der Waals surface area (Å²) < 4.78 is 18.1. The predicted octanol–water partition coefficient (Wildman–Crippen LogP) is 2.59. The summed E-state index contributed by atoms with van der Waals surface area (Å²) in [6, 6.07) is 8.09. The predicted molar refractivity (Wildman–Crippen MR) is 139 cm³/mol. The van der Waals surface area contributed by atoms with Crippen molar-refractivity contribution in [2.75, 3.05) is 14.2 Å². The van der Waals surface area contributed by atoms with Crippen LogP contribution in [0.3, 0.4) is 0 Å². The van der Waals surface area contributed by atoms with Crippen LogP contribution in [0.5, 0.6) is 17.2 Å². The average molecular weight is 549 g/mol. The molecule has 0 saturated heterocycles. The second kappa shape index (κ2) is 8.77. The second-order valence-electron chi connectivity index (χ2n) is 9.42. The van der Waals surface area contributed by atoms with Crippen molar-refractivity contribution >= 4 is 34.2 Å². The highest BCUT2D eigenvalue weighted by Gasteiger charge is 2.62. The third-order valence-corrected chi connectivity index (χ3v) is 7.65. The molecule has 12 heteroatoms.